The summed E-state index contributed by atoms with van der Waals surface area (Å²) in [5.74, 6) is -2.01. The topological polar surface area (TPSA) is 108 Å². The van der Waals surface area contributed by atoms with Crippen LogP contribution < -0.4 is 10.6 Å². The number of hydrogen-bond donors (Lipinski definition) is 2. The van der Waals surface area contributed by atoms with E-state index in [-0.39, 0.29) is 23.8 Å². The van der Waals surface area contributed by atoms with E-state index in [0.717, 1.165) is 0 Å². The van der Waals surface area contributed by atoms with Gasteiger partial charge in [-0.15, -0.1) is 0 Å². The predicted octanol–water partition coefficient (Wildman–Crippen LogP) is 3.10. The van der Waals surface area contributed by atoms with Crippen molar-refractivity contribution in [2.45, 2.75) is 32.4 Å². The van der Waals surface area contributed by atoms with Crippen LogP contribution >= 0.6 is 0 Å². The van der Waals surface area contributed by atoms with Gasteiger partial charge in [0.15, 0.2) is 6.10 Å². The first-order valence-electron chi connectivity index (χ1n) is 8.84. The van der Waals surface area contributed by atoms with Gasteiger partial charge in [0, 0.05) is 5.69 Å². The molecule has 0 aliphatic rings. The monoisotopic (exact) mass is 397 g/mol. The van der Waals surface area contributed by atoms with Gasteiger partial charge >= 0.3 is 5.97 Å². The lowest BCUT2D eigenvalue weighted by Crippen LogP contribution is -2.37. The van der Waals surface area contributed by atoms with Gasteiger partial charge in [0.25, 0.3) is 5.91 Å². The second kappa shape index (κ2) is 9.99. The van der Waals surface area contributed by atoms with E-state index in [4.69, 9.17) is 10.00 Å². The second-order valence-electron chi connectivity index (χ2n) is 6.29. The molecular weight excluding hydrogens is 377 g/mol. The second-order valence-corrected chi connectivity index (χ2v) is 6.29. The van der Waals surface area contributed by atoms with Crippen LogP contribution in [0.3, 0.4) is 0 Å². The first-order chi connectivity index (χ1) is 13.8. The van der Waals surface area contributed by atoms with Gasteiger partial charge in [0.05, 0.1) is 17.7 Å². The molecule has 2 amide bonds. The lowest BCUT2D eigenvalue weighted by atomic mass is 10.1. The van der Waals surface area contributed by atoms with E-state index >= 15 is 0 Å². The highest BCUT2D eigenvalue weighted by molar-refractivity contribution is 5.94. The number of ether oxygens (including phenoxy) is 1. The number of benzene rings is 2. The maximum absolute atomic E-state index is 13.0. The van der Waals surface area contributed by atoms with Crippen molar-refractivity contribution in [2.75, 3.05) is 5.32 Å². The van der Waals surface area contributed by atoms with Crippen LogP contribution in [0.1, 0.15) is 42.2 Å². The zero-order valence-electron chi connectivity index (χ0n) is 15.9. The number of nitriles is 1. The molecule has 2 atom stereocenters. The fraction of sp³-hybridized carbons (Fsp3) is 0.238. The lowest BCUT2D eigenvalue weighted by Gasteiger charge is -2.18. The van der Waals surface area contributed by atoms with Crippen molar-refractivity contribution >= 4 is 23.5 Å². The molecule has 0 aliphatic heterocycles. The lowest BCUT2D eigenvalue weighted by molar-refractivity contribution is -0.129. The molecule has 2 aromatic carbocycles. The van der Waals surface area contributed by atoms with Crippen LogP contribution in [0.25, 0.3) is 0 Å². The van der Waals surface area contributed by atoms with Crippen LogP contribution in [0.2, 0.25) is 0 Å². The van der Waals surface area contributed by atoms with Crippen molar-refractivity contribution in [2.24, 2.45) is 0 Å². The molecule has 8 heteroatoms. The largest absolute Gasteiger partial charge is 0.449 e. The number of rotatable bonds is 7. The van der Waals surface area contributed by atoms with E-state index in [1.54, 1.807) is 25.1 Å². The van der Waals surface area contributed by atoms with E-state index in [1.807, 2.05) is 0 Å². The van der Waals surface area contributed by atoms with Gasteiger partial charge in [-0.05, 0) is 55.8 Å². The van der Waals surface area contributed by atoms with Crippen LogP contribution in [0, 0.1) is 17.1 Å². The molecule has 0 radical (unpaired) electrons. The number of amides is 2. The molecule has 0 aliphatic carbocycles. The summed E-state index contributed by atoms with van der Waals surface area (Å²) in [4.78, 5) is 35.8. The maximum Gasteiger partial charge on any atom is 0.338 e. The van der Waals surface area contributed by atoms with Crippen molar-refractivity contribution in [1.82, 2.24) is 5.32 Å². The molecule has 29 heavy (non-hydrogen) atoms. The average molecular weight is 397 g/mol. The molecule has 0 unspecified atom stereocenters. The van der Waals surface area contributed by atoms with Gasteiger partial charge in [0.1, 0.15) is 12.2 Å². The summed E-state index contributed by atoms with van der Waals surface area (Å²) in [6.45, 7) is 3.18. The Morgan fingerprint density at radius 3 is 2.28 bits per heavy atom. The third-order valence-corrected chi connectivity index (χ3v) is 4.03. The van der Waals surface area contributed by atoms with Gasteiger partial charge in [-0.25, -0.2) is 9.18 Å². The number of nitrogens with zero attached hydrogens (tertiary/aromatic N) is 1. The summed E-state index contributed by atoms with van der Waals surface area (Å²) in [6, 6.07) is 12.9. The van der Waals surface area contributed by atoms with E-state index in [2.05, 4.69) is 10.6 Å². The number of carbonyl (C=O) groups is 3. The fourth-order valence-electron chi connectivity index (χ4n) is 2.41. The molecular formula is C21H20FN3O4. The Morgan fingerprint density at radius 1 is 1.07 bits per heavy atom. The summed E-state index contributed by atoms with van der Waals surface area (Å²) in [6.07, 6.45) is -1.31. The first kappa shape index (κ1) is 21.6. The summed E-state index contributed by atoms with van der Waals surface area (Å²) in [7, 11) is 0. The highest BCUT2D eigenvalue weighted by Gasteiger charge is 2.21. The predicted molar refractivity (Wildman–Crippen MR) is 103 cm³/mol. The number of carbonyl (C=O) groups excluding carboxylic acids is 3. The highest BCUT2D eigenvalue weighted by Crippen LogP contribution is 2.14. The van der Waals surface area contributed by atoms with Gasteiger partial charge in [-0.2, -0.15) is 5.26 Å². The van der Waals surface area contributed by atoms with Crippen LogP contribution in [-0.2, 0) is 14.3 Å². The van der Waals surface area contributed by atoms with Crippen LogP contribution in [-0.4, -0.2) is 23.9 Å². The third-order valence-electron chi connectivity index (χ3n) is 4.03. The first-order valence-corrected chi connectivity index (χ1v) is 8.84. The van der Waals surface area contributed by atoms with Crippen LogP contribution in [0.15, 0.2) is 48.5 Å². The molecule has 0 bridgehead atoms. The molecule has 7 nitrogen and oxygen atoms in total. The average Bonchev–Trinajstić information content (AvgIpc) is 2.69. The summed E-state index contributed by atoms with van der Waals surface area (Å²) in [5.41, 5.74) is 1.35. The zero-order valence-corrected chi connectivity index (χ0v) is 15.9. The molecule has 0 aromatic heterocycles. The summed E-state index contributed by atoms with van der Waals surface area (Å²) < 4.78 is 18.2. The normalized spacial score (nSPS) is 12.2. The van der Waals surface area contributed by atoms with Crippen molar-refractivity contribution in [3.8, 4) is 6.07 Å². The third kappa shape index (κ3) is 6.43. The van der Waals surface area contributed by atoms with E-state index in [0.29, 0.717) is 11.3 Å². The summed E-state index contributed by atoms with van der Waals surface area (Å²) >= 11 is 0. The Bertz CT molecular complexity index is 920. The Kier molecular flexibility index (Phi) is 7.43. The van der Waals surface area contributed by atoms with E-state index in [9.17, 15) is 18.8 Å². The maximum atomic E-state index is 13.0. The zero-order chi connectivity index (χ0) is 21.4. The van der Waals surface area contributed by atoms with Crippen molar-refractivity contribution in [1.29, 1.82) is 5.26 Å². The Hall–Kier alpha value is -3.73. The minimum Gasteiger partial charge on any atom is -0.449 e. The number of nitrogens with one attached hydrogen (secondary N) is 2. The molecule has 0 saturated heterocycles. The molecule has 2 aromatic rings. The SMILES string of the molecule is C[C@@H](OC(=O)c1ccc(NC(=O)CC#N)cc1)C(=O)N[C@H](C)c1ccc(F)cc1. The molecule has 0 saturated carbocycles. The number of anilines is 1. The molecule has 0 fully saturated rings. The Labute approximate surface area is 167 Å². The van der Waals surface area contributed by atoms with Gasteiger partial charge in [-0.1, -0.05) is 12.1 Å². The molecule has 2 rings (SSSR count). The molecule has 150 valence electrons. The highest BCUT2D eigenvalue weighted by atomic mass is 19.1. The van der Waals surface area contributed by atoms with E-state index in [1.165, 1.54) is 43.3 Å². The smallest absolute Gasteiger partial charge is 0.338 e. The molecule has 0 spiro atoms. The number of hydrogen-bond acceptors (Lipinski definition) is 5. The van der Waals surface area contributed by atoms with Crippen LogP contribution in [0.4, 0.5) is 10.1 Å². The standard InChI is InChI=1S/C21H20FN3O4/c1-13(15-3-7-17(22)8-4-15)24-20(27)14(2)29-21(28)16-5-9-18(10-6-16)25-19(26)11-12-23/h3-10,13-14H,11H2,1-2H3,(H,24,27)(H,25,26)/t13-,14-/m1/s1. The number of halogens is 1. The van der Waals surface area contributed by atoms with Gasteiger partial charge < -0.3 is 15.4 Å². The minimum atomic E-state index is -1.04. The Balaban J connectivity index is 1.90. The van der Waals surface area contributed by atoms with Crippen LogP contribution in [0.5, 0.6) is 0 Å². The number of esters is 1. The van der Waals surface area contributed by atoms with Gasteiger partial charge in [-0.3, -0.25) is 9.59 Å². The van der Waals surface area contributed by atoms with Crippen molar-refractivity contribution < 1.29 is 23.5 Å². The minimum absolute atomic E-state index is 0.203. The quantitative estimate of drug-likeness (QED) is 0.698. The summed E-state index contributed by atoms with van der Waals surface area (Å²) in [5, 5.41) is 13.7. The molecule has 0 heterocycles. The fourth-order valence-corrected chi connectivity index (χ4v) is 2.41. The van der Waals surface area contributed by atoms with Crippen molar-refractivity contribution in [3.05, 3.63) is 65.5 Å². The van der Waals surface area contributed by atoms with E-state index < -0.39 is 23.9 Å². The van der Waals surface area contributed by atoms with Gasteiger partial charge in [0.2, 0.25) is 5.91 Å². The molecule has 2 N–H and O–H groups in total. The Morgan fingerprint density at radius 2 is 1.69 bits per heavy atom. The van der Waals surface area contributed by atoms with Crippen molar-refractivity contribution in [3.63, 3.8) is 0 Å².